The van der Waals surface area contributed by atoms with Crippen molar-refractivity contribution in [2.75, 3.05) is 63.9 Å². The van der Waals surface area contributed by atoms with Crippen LogP contribution < -0.4 is 15.5 Å². The van der Waals surface area contributed by atoms with E-state index in [-0.39, 0.29) is 24.0 Å². The van der Waals surface area contributed by atoms with Crippen LogP contribution in [0.2, 0.25) is 0 Å². The molecule has 2 fully saturated rings. The zero-order chi connectivity index (χ0) is 21.3. The molecule has 2 aliphatic rings. The third-order valence-electron chi connectivity index (χ3n) is 6.09. The summed E-state index contributed by atoms with van der Waals surface area (Å²) < 4.78 is 5.56. The fourth-order valence-electron chi connectivity index (χ4n) is 4.39. The first-order valence-electron chi connectivity index (χ1n) is 11.5. The average Bonchev–Trinajstić information content (AvgIpc) is 3.52. The fraction of sp³-hybridized carbons (Fsp3) is 0.542. The normalized spacial score (nSPS) is 20.6. The van der Waals surface area contributed by atoms with E-state index in [0.29, 0.717) is 12.0 Å². The maximum atomic E-state index is 5.56. The first kappa shape index (κ1) is 25.3. The molecule has 0 saturated carbocycles. The Hall–Kier alpha value is -1.36. The molecule has 2 N–H and O–H groups in total. The van der Waals surface area contributed by atoms with E-state index < -0.39 is 0 Å². The predicted octanol–water partition coefficient (Wildman–Crippen LogP) is 3.82. The van der Waals surface area contributed by atoms with Gasteiger partial charge in [-0.3, -0.25) is 9.89 Å². The van der Waals surface area contributed by atoms with Crippen molar-refractivity contribution >= 4 is 47.0 Å². The van der Waals surface area contributed by atoms with E-state index in [4.69, 9.17) is 9.73 Å². The second-order valence-corrected chi connectivity index (χ2v) is 9.20. The largest absolute Gasteiger partial charge is 0.379 e. The van der Waals surface area contributed by atoms with Gasteiger partial charge in [0.15, 0.2) is 5.96 Å². The molecule has 0 spiro atoms. The molecule has 0 radical (unpaired) electrons. The lowest BCUT2D eigenvalue weighted by Gasteiger charge is -2.33. The van der Waals surface area contributed by atoms with E-state index in [9.17, 15) is 0 Å². The van der Waals surface area contributed by atoms with E-state index in [0.717, 1.165) is 65.0 Å². The molecular formula is C24H36IN5OS. The number of ether oxygens (including phenoxy) is 1. The van der Waals surface area contributed by atoms with Crippen molar-refractivity contribution in [2.24, 2.45) is 10.9 Å². The SMILES string of the molecule is CCNC(=NCC(c1cccs1)N1CCOCC1)NCC1CCN(c2ccccc2)C1.I. The molecule has 176 valence electrons. The molecule has 32 heavy (non-hydrogen) atoms. The molecule has 0 amide bonds. The number of rotatable bonds is 8. The van der Waals surface area contributed by atoms with E-state index in [2.05, 4.69) is 75.2 Å². The lowest BCUT2D eigenvalue weighted by molar-refractivity contribution is 0.0186. The Kier molecular flexibility index (Phi) is 10.6. The van der Waals surface area contributed by atoms with Gasteiger partial charge in [-0.1, -0.05) is 24.3 Å². The molecule has 2 aliphatic heterocycles. The van der Waals surface area contributed by atoms with Crippen molar-refractivity contribution in [1.29, 1.82) is 0 Å². The van der Waals surface area contributed by atoms with Crippen molar-refractivity contribution in [3.63, 3.8) is 0 Å². The number of morpholine rings is 1. The summed E-state index contributed by atoms with van der Waals surface area (Å²) in [6.45, 7) is 10.5. The van der Waals surface area contributed by atoms with Gasteiger partial charge in [0, 0.05) is 49.8 Å². The van der Waals surface area contributed by atoms with Gasteiger partial charge in [-0.15, -0.1) is 35.3 Å². The average molecular weight is 570 g/mol. The van der Waals surface area contributed by atoms with Gasteiger partial charge in [-0.2, -0.15) is 0 Å². The smallest absolute Gasteiger partial charge is 0.191 e. The number of hydrogen-bond acceptors (Lipinski definition) is 5. The molecule has 2 unspecified atom stereocenters. The maximum Gasteiger partial charge on any atom is 0.191 e. The first-order valence-corrected chi connectivity index (χ1v) is 12.4. The highest BCUT2D eigenvalue weighted by atomic mass is 127. The van der Waals surface area contributed by atoms with Gasteiger partial charge in [0.1, 0.15) is 0 Å². The topological polar surface area (TPSA) is 52.1 Å². The Morgan fingerprint density at radius 1 is 1.12 bits per heavy atom. The summed E-state index contributed by atoms with van der Waals surface area (Å²) >= 11 is 1.82. The second-order valence-electron chi connectivity index (χ2n) is 8.22. The van der Waals surface area contributed by atoms with Crippen LogP contribution in [0, 0.1) is 5.92 Å². The molecule has 0 aliphatic carbocycles. The van der Waals surface area contributed by atoms with Crippen LogP contribution in [0.25, 0.3) is 0 Å². The summed E-state index contributed by atoms with van der Waals surface area (Å²) in [6.07, 6.45) is 1.22. The highest BCUT2D eigenvalue weighted by Gasteiger charge is 2.24. The number of para-hydroxylation sites is 1. The van der Waals surface area contributed by atoms with Crippen LogP contribution >= 0.6 is 35.3 Å². The minimum atomic E-state index is 0. The van der Waals surface area contributed by atoms with Gasteiger partial charge in [-0.25, -0.2) is 0 Å². The molecule has 1 aromatic carbocycles. The number of aliphatic imine (C=N–C) groups is 1. The Labute approximate surface area is 213 Å². The number of benzene rings is 1. The summed E-state index contributed by atoms with van der Waals surface area (Å²) in [5, 5.41) is 9.21. The zero-order valence-electron chi connectivity index (χ0n) is 18.9. The lowest BCUT2D eigenvalue weighted by atomic mass is 10.1. The van der Waals surface area contributed by atoms with Crippen molar-refractivity contribution in [1.82, 2.24) is 15.5 Å². The Balaban J connectivity index is 0.00000289. The second kappa shape index (κ2) is 13.4. The van der Waals surface area contributed by atoms with Gasteiger partial charge >= 0.3 is 0 Å². The van der Waals surface area contributed by atoms with E-state index in [1.165, 1.54) is 17.0 Å². The number of hydrogen-bond donors (Lipinski definition) is 2. The highest BCUT2D eigenvalue weighted by molar-refractivity contribution is 14.0. The summed E-state index contributed by atoms with van der Waals surface area (Å²) in [4.78, 5) is 11.4. The van der Waals surface area contributed by atoms with E-state index >= 15 is 0 Å². The minimum Gasteiger partial charge on any atom is -0.379 e. The van der Waals surface area contributed by atoms with E-state index in [1.54, 1.807) is 0 Å². The fourth-order valence-corrected chi connectivity index (χ4v) is 5.24. The maximum absolute atomic E-state index is 5.56. The predicted molar refractivity (Wildman–Crippen MR) is 146 cm³/mol. The number of anilines is 1. The summed E-state index contributed by atoms with van der Waals surface area (Å²) in [5.41, 5.74) is 1.33. The third-order valence-corrected chi connectivity index (χ3v) is 7.06. The minimum absolute atomic E-state index is 0. The molecule has 6 nitrogen and oxygen atoms in total. The van der Waals surface area contributed by atoms with Crippen LogP contribution in [0.3, 0.4) is 0 Å². The molecule has 2 saturated heterocycles. The number of nitrogens with one attached hydrogen (secondary N) is 2. The summed E-state index contributed by atoms with van der Waals surface area (Å²) in [6, 6.07) is 15.4. The molecule has 8 heteroatoms. The summed E-state index contributed by atoms with van der Waals surface area (Å²) in [7, 11) is 0. The van der Waals surface area contributed by atoms with Crippen LogP contribution in [0.15, 0.2) is 52.8 Å². The van der Waals surface area contributed by atoms with Crippen LogP contribution in [0.1, 0.15) is 24.3 Å². The van der Waals surface area contributed by atoms with Crippen LogP contribution in [0.5, 0.6) is 0 Å². The highest BCUT2D eigenvalue weighted by Crippen LogP contribution is 2.26. The van der Waals surface area contributed by atoms with Gasteiger partial charge in [-0.05, 0) is 42.8 Å². The summed E-state index contributed by atoms with van der Waals surface area (Å²) in [5.74, 6) is 1.56. The molecule has 3 heterocycles. The quantitative estimate of drug-likeness (QED) is 0.288. The number of guanidine groups is 1. The van der Waals surface area contributed by atoms with Crippen LogP contribution in [-0.4, -0.2) is 69.9 Å². The third kappa shape index (κ3) is 7.07. The molecule has 1 aromatic heterocycles. The Bertz CT molecular complexity index is 798. The Morgan fingerprint density at radius 2 is 1.94 bits per heavy atom. The first-order chi connectivity index (χ1) is 15.3. The van der Waals surface area contributed by atoms with Crippen LogP contribution in [0.4, 0.5) is 5.69 Å². The molecule has 2 aromatic rings. The van der Waals surface area contributed by atoms with Gasteiger partial charge in [0.25, 0.3) is 0 Å². The standard InChI is InChI=1S/C24H35N5OS.HI/c1-2-25-24(26-17-20-10-11-29(19-20)21-7-4-3-5-8-21)27-18-22(23-9-6-16-31-23)28-12-14-30-15-13-28;/h3-9,16,20,22H,2,10-15,17-19H2,1H3,(H2,25,26,27);1H. The van der Waals surface area contributed by atoms with Gasteiger partial charge < -0.3 is 20.3 Å². The number of nitrogens with zero attached hydrogens (tertiary/aromatic N) is 3. The Morgan fingerprint density at radius 3 is 2.66 bits per heavy atom. The monoisotopic (exact) mass is 569 g/mol. The van der Waals surface area contributed by atoms with Crippen molar-refractivity contribution in [3.8, 4) is 0 Å². The molecule has 4 rings (SSSR count). The van der Waals surface area contributed by atoms with Crippen molar-refractivity contribution in [2.45, 2.75) is 19.4 Å². The molecule has 2 atom stereocenters. The molecule has 0 bridgehead atoms. The van der Waals surface area contributed by atoms with Crippen LogP contribution in [-0.2, 0) is 4.74 Å². The van der Waals surface area contributed by atoms with E-state index in [1.807, 2.05) is 11.3 Å². The molecular weight excluding hydrogens is 533 g/mol. The van der Waals surface area contributed by atoms with Crippen molar-refractivity contribution in [3.05, 3.63) is 52.7 Å². The zero-order valence-corrected chi connectivity index (χ0v) is 22.1. The number of halogens is 1. The van der Waals surface area contributed by atoms with Gasteiger partial charge in [0.2, 0.25) is 0 Å². The van der Waals surface area contributed by atoms with Crippen molar-refractivity contribution < 1.29 is 4.74 Å². The lowest BCUT2D eigenvalue weighted by Crippen LogP contribution is -2.42. The van der Waals surface area contributed by atoms with Gasteiger partial charge in [0.05, 0.1) is 25.8 Å². The number of thiophene rings is 1.